The van der Waals surface area contributed by atoms with Crippen LogP contribution in [0.5, 0.6) is 0 Å². The van der Waals surface area contributed by atoms with Crippen LogP contribution >= 0.6 is 0 Å². The normalized spacial score (nSPS) is 33.8. The topological polar surface area (TPSA) is 23.6 Å². The molecule has 0 radical (unpaired) electrons. The summed E-state index contributed by atoms with van der Waals surface area (Å²) in [4.78, 5) is 15.9. The Kier molecular flexibility index (Phi) is 4.36. The SMILES string of the molecule is CCN1CCN(C2CCC(C=O)CC2)CC1. The third-order valence-electron chi connectivity index (χ3n) is 4.30. The van der Waals surface area contributed by atoms with Crippen LogP contribution in [-0.2, 0) is 4.79 Å². The molecule has 0 unspecified atom stereocenters. The van der Waals surface area contributed by atoms with Crippen LogP contribution in [0.15, 0.2) is 0 Å². The molecule has 1 heterocycles. The third-order valence-corrected chi connectivity index (χ3v) is 4.30. The summed E-state index contributed by atoms with van der Waals surface area (Å²) in [5.74, 6) is 0.355. The summed E-state index contributed by atoms with van der Waals surface area (Å²) in [7, 11) is 0. The summed E-state index contributed by atoms with van der Waals surface area (Å²) in [6.07, 6.45) is 5.85. The van der Waals surface area contributed by atoms with Crippen LogP contribution in [0.2, 0.25) is 0 Å². The first kappa shape index (κ1) is 12.1. The van der Waals surface area contributed by atoms with E-state index in [0.717, 1.165) is 25.2 Å². The van der Waals surface area contributed by atoms with Crippen LogP contribution in [0.4, 0.5) is 0 Å². The number of piperazine rings is 1. The molecule has 2 rings (SSSR count). The number of carbonyl (C=O) groups excluding carboxylic acids is 1. The Morgan fingerprint density at radius 2 is 1.69 bits per heavy atom. The molecule has 0 amide bonds. The minimum Gasteiger partial charge on any atom is -0.303 e. The summed E-state index contributed by atoms with van der Waals surface area (Å²) in [5.41, 5.74) is 0. The lowest BCUT2D eigenvalue weighted by molar-refractivity contribution is -0.112. The lowest BCUT2D eigenvalue weighted by atomic mass is 9.86. The summed E-state index contributed by atoms with van der Waals surface area (Å²) in [5, 5.41) is 0. The van der Waals surface area contributed by atoms with Crippen molar-refractivity contribution in [3.8, 4) is 0 Å². The van der Waals surface area contributed by atoms with Crippen molar-refractivity contribution >= 4 is 6.29 Å². The number of hydrogen-bond donors (Lipinski definition) is 0. The van der Waals surface area contributed by atoms with Crippen LogP contribution in [0, 0.1) is 5.92 Å². The van der Waals surface area contributed by atoms with Crippen LogP contribution in [0.25, 0.3) is 0 Å². The van der Waals surface area contributed by atoms with Crippen molar-refractivity contribution in [2.75, 3.05) is 32.7 Å². The molecule has 92 valence electrons. The molecule has 1 saturated heterocycles. The van der Waals surface area contributed by atoms with Crippen LogP contribution in [0.3, 0.4) is 0 Å². The van der Waals surface area contributed by atoms with Crippen LogP contribution in [0.1, 0.15) is 32.6 Å². The van der Waals surface area contributed by atoms with Crippen molar-refractivity contribution in [2.24, 2.45) is 5.92 Å². The molecule has 0 aromatic heterocycles. The predicted molar refractivity (Wildman–Crippen MR) is 65.5 cm³/mol. The number of hydrogen-bond acceptors (Lipinski definition) is 3. The highest BCUT2D eigenvalue weighted by Gasteiger charge is 2.27. The summed E-state index contributed by atoms with van der Waals surface area (Å²) >= 11 is 0. The molecule has 16 heavy (non-hydrogen) atoms. The van der Waals surface area contributed by atoms with Gasteiger partial charge < -0.3 is 9.69 Å². The minimum absolute atomic E-state index is 0.355. The maximum Gasteiger partial charge on any atom is 0.123 e. The van der Waals surface area contributed by atoms with Gasteiger partial charge in [0.2, 0.25) is 0 Å². The number of rotatable bonds is 3. The molecular weight excluding hydrogens is 200 g/mol. The number of carbonyl (C=O) groups is 1. The molecule has 2 aliphatic rings. The molecule has 0 N–H and O–H groups in total. The smallest absolute Gasteiger partial charge is 0.123 e. The van der Waals surface area contributed by atoms with E-state index in [-0.39, 0.29) is 0 Å². The minimum atomic E-state index is 0.355. The van der Waals surface area contributed by atoms with Gasteiger partial charge in [-0.05, 0) is 32.2 Å². The van der Waals surface area contributed by atoms with E-state index in [4.69, 9.17) is 0 Å². The van der Waals surface area contributed by atoms with E-state index in [2.05, 4.69) is 16.7 Å². The molecule has 1 aliphatic heterocycles. The molecule has 1 saturated carbocycles. The van der Waals surface area contributed by atoms with E-state index < -0.39 is 0 Å². The average Bonchev–Trinajstić information content (AvgIpc) is 2.39. The van der Waals surface area contributed by atoms with Crippen molar-refractivity contribution < 1.29 is 4.79 Å². The standard InChI is InChI=1S/C13H24N2O/c1-2-14-7-9-15(10-8-14)13-5-3-12(11-16)4-6-13/h11-13H,2-10H2,1H3. The van der Waals surface area contributed by atoms with Crippen molar-refractivity contribution in [1.29, 1.82) is 0 Å². The van der Waals surface area contributed by atoms with Crippen molar-refractivity contribution in [1.82, 2.24) is 9.80 Å². The van der Waals surface area contributed by atoms with E-state index >= 15 is 0 Å². The van der Waals surface area contributed by atoms with Crippen LogP contribution < -0.4 is 0 Å². The predicted octanol–water partition coefficient (Wildman–Crippen LogP) is 1.38. The van der Waals surface area contributed by atoms with Crippen LogP contribution in [-0.4, -0.2) is 54.9 Å². The van der Waals surface area contributed by atoms with E-state index in [1.54, 1.807) is 0 Å². The second-order valence-electron chi connectivity index (χ2n) is 5.17. The van der Waals surface area contributed by atoms with E-state index in [1.807, 2.05) is 0 Å². The Morgan fingerprint density at radius 1 is 1.06 bits per heavy atom. The quantitative estimate of drug-likeness (QED) is 0.677. The maximum atomic E-state index is 10.7. The highest BCUT2D eigenvalue weighted by molar-refractivity contribution is 5.53. The van der Waals surface area contributed by atoms with Gasteiger partial charge in [-0.25, -0.2) is 0 Å². The van der Waals surface area contributed by atoms with Crippen molar-refractivity contribution in [3.63, 3.8) is 0 Å². The zero-order chi connectivity index (χ0) is 11.4. The first-order valence-corrected chi connectivity index (χ1v) is 6.75. The molecule has 3 nitrogen and oxygen atoms in total. The summed E-state index contributed by atoms with van der Waals surface area (Å²) < 4.78 is 0. The molecule has 3 heteroatoms. The zero-order valence-electron chi connectivity index (χ0n) is 10.4. The molecule has 0 spiro atoms. The zero-order valence-corrected chi connectivity index (χ0v) is 10.4. The molecule has 0 bridgehead atoms. The van der Waals surface area contributed by atoms with Gasteiger partial charge in [-0.3, -0.25) is 4.90 Å². The fourth-order valence-electron chi connectivity index (χ4n) is 3.05. The second kappa shape index (κ2) is 5.78. The Balaban J connectivity index is 1.75. The van der Waals surface area contributed by atoms with E-state index in [0.29, 0.717) is 5.92 Å². The molecule has 1 aliphatic carbocycles. The van der Waals surface area contributed by atoms with Crippen molar-refractivity contribution in [3.05, 3.63) is 0 Å². The van der Waals surface area contributed by atoms with Crippen molar-refractivity contribution in [2.45, 2.75) is 38.6 Å². The molecule has 2 fully saturated rings. The molecule has 0 aromatic rings. The monoisotopic (exact) mass is 224 g/mol. The van der Waals surface area contributed by atoms with Gasteiger partial charge in [0.1, 0.15) is 6.29 Å². The number of likely N-dealkylation sites (N-methyl/N-ethyl adjacent to an activating group) is 1. The van der Waals surface area contributed by atoms with E-state index in [9.17, 15) is 4.79 Å². The Hall–Kier alpha value is -0.410. The number of nitrogens with zero attached hydrogens (tertiary/aromatic N) is 2. The lowest BCUT2D eigenvalue weighted by Gasteiger charge is -2.41. The molecule has 0 atom stereocenters. The molecule has 0 aromatic carbocycles. The van der Waals surface area contributed by atoms with E-state index in [1.165, 1.54) is 45.6 Å². The van der Waals surface area contributed by atoms with Gasteiger partial charge in [-0.1, -0.05) is 6.92 Å². The highest BCUT2D eigenvalue weighted by atomic mass is 16.1. The van der Waals surface area contributed by atoms with Gasteiger partial charge in [0.05, 0.1) is 0 Å². The van der Waals surface area contributed by atoms with Gasteiger partial charge in [-0.2, -0.15) is 0 Å². The van der Waals surface area contributed by atoms with Gasteiger partial charge in [-0.15, -0.1) is 0 Å². The fourth-order valence-corrected chi connectivity index (χ4v) is 3.05. The Labute approximate surface area is 98.8 Å². The third kappa shape index (κ3) is 2.83. The summed E-state index contributed by atoms with van der Waals surface area (Å²) in [6.45, 7) is 8.33. The Bertz CT molecular complexity index is 216. The lowest BCUT2D eigenvalue weighted by Crippen LogP contribution is -2.50. The van der Waals surface area contributed by atoms with Gasteiger partial charge >= 0.3 is 0 Å². The summed E-state index contributed by atoms with van der Waals surface area (Å²) in [6, 6.07) is 0.759. The highest BCUT2D eigenvalue weighted by Crippen LogP contribution is 2.26. The maximum absolute atomic E-state index is 10.7. The van der Waals surface area contributed by atoms with Gasteiger partial charge in [0.15, 0.2) is 0 Å². The largest absolute Gasteiger partial charge is 0.303 e. The first-order valence-electron chi connectivity index (χ1n) is 6.75. The Morgan fingerprint density at radius 3 is 2.19 bits per heavy atom. The second-order valence-corrected chi connectivity index (χ2v) is 5.17. The molecular formula is C13H24N2O. The van der Waals surface area contributed by atoms with Gasteiger partial charge in [0, 0.05) is 38.1 Å². The fraction of sp³-hybridized carbons (Fsp3) is 0.923. The average molecular weight is 224 g/mol. The first-order chi connectivity index (χ1) is 7.83. The van der Waals surface area contributed by atoms with Gasteiger partial charge in [0.25, 0.3) is 0 Å². The number of aldehydes is 1.